The monoisotopic (exact) mass is 304 g/mol. The Hall–Kier alpha value is -1.86. The Labute approximate surface area is 124 Å². The van der Waals surface area contributed by atoms with Crippen LogP contribution in [0.1, 0.15) is 41.0 Å². The van der Waals surface area contributed by atoms with Crippen molar-refractivity contribution >= 4 is 12.1 Å². The topological polar surface area (TPSA) is 108 Å². The van der Waals surface area contributed by atoms with Crippen LogP contribution in [0.3, 0.4) is 0 Å². The zero-order valence-electron chi connectivity index (χ0n) is 13.2. The molecule has 8 heteroatoms. The van der Waals surface area contributed by atoms with Crippen molar-refractivity contribution in [2.45, 2.75) is 52.7 Å². The first-order chi connectivity index (χ1) is 9.55. The highest BCUT2D eigenvalue weighted by Crippen LogP contribution is 2.13. The minimum absolute atomic E-state index is 0.133. The zero-order chi connectivity index (χ0) is 16.6. The summed E-state index contributed by atoms with van der Waals surface area (Å²) < 4.78 is 9.86. The smallest absolute Gasteiger partial charge is 0.407 e. The van der Waals surface area contributed by atoms with Gasteiger partial charge in [-0.3, -0.25) is 14.9 Å². The lowest BCUT2D eigenvalue weighted by Gasteiger charge is -2.24. The van der Waals surface area contributed by atoms with Gasteiger partial charge in [0.2, 0.25) is 6.54 Å². The number of rotatable bonds is 7. The van der Waals surface area contributed by atoms with E-state index in [1.807, 2.05) is 0 Å². The fourth-order valence-electron chi connectivity index (χ4n) is 1.64. The third kappa shape index (κ3) is 9.64. The molecule has 2 atom stereocenters. The molecule has 0 heterocycles. The van der Waals surface area contributed by atoms with E-state index in [0.29, 0.717) is 0 Å². The summed E-state index contributed by atoms with van der Waals surface area (Å²) in [6.45, 7) is 8.16. The number of carbonyl (C=O) groups excluding carboxylic acids is 2. The van der Waals surface area contributed by atoms with E-state index >= 15 is 0 Å². The number of alkyl carbamates (subject to hydrolysis) is 1. The predicted molar refractivity (Wildman–Crippen MR) is 75.4 cm³/mol. The van der Waals surface area contributed by atoms with Crippen LogP contribution in [0.5, 0.6) is 0 Å². The molecular formula is C13H24N2O6. The van der Waals surface area contributed by atoms with E-state index in [1.54, 1.807) is 34.6 Å². The molecule has 0 aliphatic carbocycles. The van der Waals surface area contributed by atoms with Crippen molar-refractivity contribution < 1.29 is 24.0 Å². The summed E-state index contributed by atoms with van der Waals surface area (Å²) in [5, 5.41) is 13.2. The number of amides is 1. The van der Waals surface area contributed by atoms with Crippen LogP contribution in [0.15, 0.2) is 0 Å². The average molecular weight is 304 g/mol. The molecule has 122 valence electrons. The molecule has 0 spiro atoms. The van der Waals surface area contributed by atoms with Crippen LogP contribution in [0.2, 0.25) is 0 Å². The number of esters is 1. The summed E-state index contributed by atoms with van der Waals surface area (Å²) in [7, 11) is 0. The quantitative estimate of drug-likeness (QED) is 0.436. The number of nitro groups is 1. The molecule has 0 rings (SSSR count). The summed E-state index contributed by atoms with van der Waals surface area (Å²) in [5.74, 6) is -1.19. The largest absolute Gasteiger partial charge is 0.466 e. The van der Waals surface area contributed by atoms with E-state index in [4.69, 9.17) is 9.47 Å². The number of nitrogens with one attached hydrogen (secondary N) is 1. The maximum atomic E-state index is 11.7. The normalized spacial score (nSPS) is 14.0. The molecule has 0 bridgehead atoms. The highest BCUT2D eigenvalue weighted by Gasteiger charge is 2.28. The van der Waals surface area contributed by atoms with E-state index in [2.05, 4.69) is 5.32 Å². The van der Waals surface area contributed by atoms with Crippen molar-refractivity contribution in [3.8, 4) is 0 Å². The van der Waals surface area contributed by atoms with Crippen molar-refractivity contribution in [1.82, 2.24) is 5.32 Å². The predicted octanol–water partition coefficient (Wildman–Crippen LogP) is 1.75. The van der Waals surface area contributed by atoms with E-state index in [0.717, 1.165) is 0 Å². The Bertz CT molecular complexity index is 377. The Kier molecular flexibility index (Phi) is 7.69. The second-order valence-electron chi connectivity index (χ2n) is 5.72. The zero-order valence-corrected chi connectivity index (χ0v) is 13.2. The molecule has 0 saturated carbocycles. The highest BCUT2D eigenvalue weighted by atomic mass is 16.6. The molecule has 1 N–H and O–H groups in total. The van der Waals surface area contributed by atoms with Crippen LogP contribution in [0, 0.1) is 16.0 Å². The molecule has 0 aromatic heterocycles. The fraction of sp³-hybridized carbons (Fsp3) is 0.846. The van der Waals surface area contributed by atoms with Crippen LogP contribution >= 0.6 is 0 Å². The number of ether oxygens (including phenoxy) is 2. The Balaban J connectivity index is 4.63. The van der Waals surface area contributed by atoms with Gasteiger partial charge >= 0.3 is 12.1 Å². The van der Waals surface area contributed by atoms with Crippen molar-refractivity contribution in [3.05, 3.63) is 10.1 Å². The SMILES string of the molecule is CCOC(=O)CC(C[N+](=O)[O-])[C@@H](C)NC(=O)OC(C)(C)C. The average Bonchev–Trinajstić information content (AvgIpc) is 2.24. The molecule has 0 radical (unpaired) electrons. The first-order valence-electron chi connectivity index (χ1n) is 6.82. The minimum Gasteiger partial charge on any atom is -0.466 e. The van der Waals surface area contributed by atoms with Gasteiger partial charge in [-0.25, -0.2) is 4.79 Å². The van der Waals surface area contributed by atoms with Crippen LogP contribution < -0.4 is 5.32 Å². The van der Waals surface area contributed by atoms with Crippen molar-refractivity contribution in [2.24, 2.45) is 5.92 Å². The molecule has 0 aliphatic heterocycles. The van der Waals surface area contributed by atoms with E-state index in [-0.39, 0.29) is 13.0 Å². The minimum atomic E-state index is -0.674. The third-order valence-electron chi connectivity index (χ3n) is 2.57. The van der Waals surface area contributed by atoms with Gasteiger partial charge in [0.05, 0.1) is 18.9 Å². The molecule has 0 aromatic carbocycles. The van der Waals surface area contributed by atoms with E-state index < -0.39 is 41.1 Å². The van der Waals surface area contributed by atoms with Crippen molar-refractivity contribution in [1.29, 1.82) is 0 Å². The van der Waals surface area contributed by atoms with Gasteiger partial charge < -0.3 is 14.8 Å². The molecule has 21 heavy (non-hydrogen) atoms. The van der Waals surface area contributed by atoms with Gasteiger partial charge in [-0.15, -0.1) is 0 Å². The van der Waals surface area contributed by atoms with Gasteiger partial charge in [-0.1, -0.05) is 0 Å². The first-order valence-corrected chi connectivity index (χ1v) is 6.82. The second kappa shape index (κ2) is 8.43. The van der Waals surface area contributed by atoms with E-state index in [9.17, 15) is 19.7 Å². The Morgan fingerprint density at radius 1 is 1.33 bits per heavy atom. The molecule has 1 unspecified atom stereocenters. The Morgan fingerprint density at radius 3 is 2.33 bits per heavy atom. The second-order valence-corrected chi connectivity index (χ2v) is 5.72. The third-order valence-corrected chi connectivity index (χ3v) is 2.57. The number of hydrogen-bond donors (Lipinski definition) is 1. The molecule has 0 saturated heterocycles. The fourth-order valence-corrected chi connectivity index (χ4v) is 1.64. The summed E-state index contributed by atoms with van der Waals surface area (Å²) in [6, 6.07) is -0.588. The van der Waals surface area contributed by atoms with Crippen LogP contribution in [0.25, 0.3) is 0 Å². The van der Waals surface area contributed by atoms with Gasteiger partial charge in [0.15, 0.2) is 0 Å². The summed E-state index contributed by atoms with van der Waals surface area (Å²) in [6.07, 6.45) is -0.807. The highest BCUT2D eigenvalue weighted by molar-refractivity contribution is 5.70. The van der Waals surface area contributed by atoms with Gasteiger partial charge in [-0.05, 0) is 34.6 Å². The first kappa shape index (κ1) is 19.1. The molecular weight excluding hydrogens is 280 g/mol. The molecule has 8 nitrogen and oxygen atoms in total. The molecule has 1 amide bonds. The number of carbonyl (C=O) groups is 2. The summed E-state index contributed by atoms with van der Waals surface area (Å²) in [4.78, 5) is 33.3. The molecule has 0 aliphatic rings. The number of hydrogen-bond acceptors (Lipinski definition) is 6. The van der Waals surface area contributed by atoms with Gasteiger partial charge in [0.25, 0.3) is 0 Å². The maximum absolute atomic E-state index is 11.7. The Morgan fingerprint density at radius 2 is 1.90 bits per heavy atom. The van der Waals surface area contributed by atoms with Gasteiger partial charge in [0, 0.05) is 11.0 Å². The van der Waals surface area contributed by atoms with E-state index in [1.165, 1.54) is 0 Å². The lowest BCUT2D eigenvalue weighted by Crippen LogP contribution is -2.44. The summed E-state index contributed by atoms with van der Waals surface area (Å²) >= 11 is 0. The van der Waals surface area contributed by atoms with Crippen LogP contribution in [-0.2, 0) is 14.3 Å². The maximum Gasteiger partial charge on any atom is 0.407 e. The van der Waals surface area contributed by atoms with Gasteiger partial charge in [0.1, 0.15) is 5.60 Å². The lowest BCUT2D eigenvalue weighted by atomic mass is 9.97. The summed E-state index contributed by atoms with van der Waals surface area (Å²) in [5.41, 5.74) is -0.663. The van der Waals surface area contributed by atoms with Crippen molar-refractivity contribution in [2.75, 3.05) is 13.2 Å². The van der Waals surface area contributed by atoms with Crippen LogP contribution in [0.4, 0.5) is 4.79 Å². The van der Waals surface area contributed by atoms with Gasteiger partial charge in [-0.2, -0.15) is 0 Å². The molecule has 0 aromatic rings. The lowest BCUT2D eigenvalue weighted by molar-refractivity contribution is -0.488. The standard InChI is InChI=1S/C13H24N2O6/c1-6-20-11(16)7-10(8-15(18)19)9(2)14-12(17)21-13(3,4)5/h9-10H,6-8H2,1-5H3,(H,14,17)/t9-,10?/m1/s1. The van der Waals surface area contributed by atoms with Crippen molar-refractivity contribution in [3.63, 3.8) is 0 Å². The van der Waals surface area contributed by atoms with Crippen LogP contribution in [-0.4, -0.2) is 41.8 Å². The molecule has 0 fully saturated rings. The number of nitrogens with zero attached hydrogens (tertiary/aromatic N) is 1.